The van der Waals surface area contributed by atoms with Crippen molar-refractivity contribution in [3.8, 4) is 20.9 Å². The van der Waals surface area contributed by atoms with Crippen molar-refractivity contribution in [1.82, 2.24) is 16.1 Å². The number of amides is 2. The first kappa shape index (κ1) is 64.6. The van der Waals surface area contributed by atoms with Crippen LogP contribution in [0, 0.1) is 0 Å². The summed E-state index contributed by atoms with van der Waals surface area (Å²) in [6, 6.07) is 40.8. The van der Waals surface area contributed by atoms with E-state index in [1.807, 2.05) is 102 Å². The van der Waals surface area contributed by atoms with Gasteiger partial charge < -0.3 is 40.4 Å². The number of nitrogens with zero attached hydrogens (tertiary/aromatic N) is 6. The van der Waals surface area contributed by atoms with E-state index >= 15 is 0 Å². The average Bonchev–Trinajstić information content (AvgIpc) is 4.54. The number of para-hydroxylation sites is 2. The molecule has 0 atom stereocenters. The maximum absolute atomic E-state index is 13.8. The Kier molecular flexibility index (Phi) is 22.5. The van der Waals surface area contributed by atoms with Crippen molar-refractivity contribution >= 4 is 105 Å². The third kappa shape index (κ3) is 13.9. The van der Waals surface area contributed by atoms with E-state index in [9.17, 15) is 33.9 Å². The van der Waals surface area contributed by atoms with Crippen molar-refractivity contribution in [2.45, 2.75) is 65.7 Å². The number of carboxylic acids is 1. The number of rotatable bonds is 13. The summed E-state index contributed by atoms with van der Waals surface area (Å²) in [4.78, 5) is 97.2. The Labute approximate surface area is 537 Å². The summed E-state index contributed by atoms with van der Waals surface area (Å²) in [5, 5.41) is 11.4. The van der Waals surface area contributed by atoms with Gasteiger partial charge in [-0.05, 0) is 140 Å². The van der Waals surface area contributed by atoms with E-state index in [1.165, 1.54) is 22.7 Å². The quantitative estimate of drug-likeness (QED) is 0.0495. The standard InChI is InChI=1S/C33H31N3O4S.C31H27N3O4S.CH4.HI.H3N.Na/c1-2-40-33(39)29-21-24-15-19-36(27-10-4-3-8-25(27)30(24)41-29)32(38)23-13-11-22(12-14-23)20-28(37)26-9-7-16-34-31(26)35-17-5-6-18-35;35-26(24-7-5-14-32-29(24)33-15-3-4-16-33)18-20-9-11-21(12-10-20)30(36)34-17-13-22-19-27(31(37)38)39-28(22)23-6-1-2-8-25(23)34;;;;/h3-4,7-14,16,21H,2,5-6,15,17-20H2,1H3;1-2,5-12,14,19H,3-4,13,15-18H2,(H,37,38);1H4;1H;1H3;/q;;;;;+1/p-1. The predicted molar refractivity (Wildman–Crippen MR) is 338 cm³/mol. The van der Waals surface area contributed by atoms with Crippen LogP contribution in [0.25, 0.3) is 20.9 Å². The van der Waals surface area contributed by atoms with Crippen LogP contribution in [0.4, 0.5) is 23.0 Å². The number of benzene rings is 4. The van der Waals surface area contributed by atoms with Gasteiger partial charge in [-0.15, -0.1) is 46.7 Å². The zero-order valence-electron chi connectivity index (χ0n) is 46.3. The Hall–Kier alpha value is -6.91. The van der Waals surface area contributed by atoms with Crippen LogP contribution in [0.2, 0.25) is 0 Å². The van der Waals surface area contributed by atoms with E-state index < -0.39 is 5.97 Å². The number of hydrogen-bond acceptors (Lipinski definition) is 15. The third-order valence-corrected chi connectivity index (χ3v) is 17.4. The van der Waals surface area contributed by atoms with Crippen molar-refractivity contribution < 1.29 is 68.2 Å². The molecule has 4 aromatic heterocycles. The van der Waals surface area contributed by atoms with Gasteiger partial charge in [-0.2, -0.15) is 0 Å². The maximum atomic E-state index is 13.8. The molecule has 0 spiro atoms. The van der Waals surface area contributed by atoms with Crippen molar-refractivity contribution in [1.29, 1.82) is 0 Å². The number of Topliss-reactive ketones (excluding diaryl/α,β-unsaturated/α-hetero) is 2. The second kappa shape index (κ2) is 29.3. The number of aromatic carboxylic acids is 1. The molecule has 0 radical (unpaired) electrons. The number of hydrogen-bond donors (Lipinski definition) is 1. The first-order valence-corrected chi connectivity index (χ1v) is 28.8. The molecule has 2 amide bonds. The molecule has 8 aromatic rings. The van der Waals surface area contributed by atoms with Crippen LogP contribution in [0.1, 0.15) is 123 Å². The number of pyridine rings is 2. The van der Waals surface area contributed by atoms with E-state index in [1.54, 1.807) is 60.6 Å². The molecule has 15 nitrogen and oxygen atoms in total. The molecular formula is C65H65IN7NaO8S2. The maximum Gasteiger partial charge on any atom is 1.00 e. The van der Waals surface area contributed by atoms with Crippen molar-refractivity contribution in [3.63, 3.8) is 0 Å². The number of ketones is 2. The molecule has 0 bridgehead atoms. The number of esters is 1. The molecule has 4 aliphatic heterocycles. The molecule has 2 saturated heterocycles. The minimum absolute atomic E-state index is 0. The fourth-order valence-electron chi connectivity index (χ4n) is 11.0. The fraction of sp³-hybridized carbons (Fsp3) is 0.262. The van der Waals surface area contributed by atoms with Gasteiger partial charge in [0.25, 0.3) is 11.8 Å². The first-order valence-electron chi connectivity index (χ1n) is 27.1. The minimum atomic E-state index is -1.19. The van der Waals surface area contributed by atoms with E-state index in [0.29, 0.717) is 59.7 Å². The normalized spacial score (nSPS) is 13.7. The molecule has 12 rings (SSSR count). The molecular weight excluding hydrogens is 1220 g/mol. The van der Waals surface area contributed by atoms with Gasteiger partial charge >= 0.3 is 35.5 Å². The molecule has 4 aromatic carbocycles. The van der Waals surface area contributed by atoms with Gasteiger partial charge in [0.05, 0.1) is 40.0 Å². The Balaban J connectivity index is 0.000000230. The first-order chi connectivity index (χ1) is 39.0. The summed E-state index contributed by atoms with van der Waals surface area (Å²) in [6.45, 7) is 6.72. The summed E-state index contributed by atoms with van der Waals surface area (Å²) in [5.74, 6) is -0.185. The van der Waals surface area contributed by atoms with Crippen LogP contribution in [0.3, 0.4) is 0 Å². The molecule has 0 saturated carbocycles. The number of carbonyl (C=O) groups is 6. The zero-order valence-corrected chi connectivity index (χ0v) is 52.3. The Morgan fingerprint density at radius 1 is 0.548 bits per heavy atom. The molecule has 0 aliphatic carbocycles. The molecule has 0 unspecified atom stereocenters. The average molecular weight is 1290 g/mol. The van der Waals surface area contributed by atoms with Crippen LogP contribution >= 0.6 is 46.7 Å². The smallest absolute Gasteiger partial charge is 0.544 e. The number of aromatic nitrogens is 2. The van der Waals surface area contributed by atoms with Crippen LogP contribution in [-0.2, 0) is 30.4 Å². The topological polar surface area (TPSA) is 208 Å². The molecule has 8 heterocycles. The molecule has 84 heavy (non-hydrogen) atoms. The fourth-order valence-corrected chi connectivity index (χ4v) is 13.2. The number of carboxylic acid groups (broad SMARTS) is 1. The molecule has 3 N–H and O–H groups in total. The second-order valence-corrected chi connectivity index (χ2v) is 22.2. The van der Waals surface area contributed by atoms with Gasteiger partial charge in [0.2, 0.25) is 0 Å². The van der Waals surface area contributed by atoms with Gasteiger partial charge in [-0.25, -0.2) is 14.8 Å². The number of fused-ring (bicyclic) bond motifs is 6. The van der Waals surface area contributed by atoms with E-state index in [0.717, 1.165) is 118 Å². The summed E-state index contributed by atoms with van der Waals surface area (Å²) < 4.78 is 5.21. The molecule has 19 heteroatoms. The van der Waals surface area contributed by atoms with Crippen molar-refractivity contribution in [2.75, 3.05) is 65.5 Å². The minimum Gasteiger partial charge on any atom is -0.544 e. The summed E-state index contributed by atoms with van der Waals surface area (Å²) in [7, 11) is 0. The SMILES string of the molecule is C.CCOC(=O)c1cc2c(s1)-c1ccccc1N(C(=O)c1ccc(CC(=O)c3cccnc3N3CCCC3)cc1)CC2.I.N.O=C([O-])c1cc2c(s1)-c1ccccc1N(C(=O)c1ccc(CC(=O)c3cccnc3N3CCCC3)cc1)CC2.[Na+]. The van der Waals surface area contributed by atoms with Crippen LogP contribution < -0.4 is 60.4 Å². The Morgan fingerprint density at radius 3 is 1.37 bits per heavy atom. The van der Waals surface area contributed by atoms with Crippen molar-refractivity contribution in [3.05, 3.63) is 200 Å². The van der Waals surface area contributed by atoms with Crippen LogP contribution in [0.15, 0.2) is 146 Å². The van der Waals surface area contributed by atoms with Gasteiger partial charge in [-0.1, -0.05) is 68.1 Å². The van der Waals surface area contributed by atoms with Crippen LogP contribution in [0.5, 0.6) is 0 Å². The Bertz CT molecular complexity index is 3670. The summed E-state index contributed by atoms with van der Waals surface area (Å²) in [5.41, 5.74) is 9.34. The number of halogens is 1. The van der Waals surface area contributed by atoms with E-state index in [4.69, 9.17) is 4.74 Å². The molecule has 4 aliphatic rings. The predicted octanol–water partition coefficient (Wildman–Crippen LogP) is 9.04. The van der Waals surface area contributed by atoms with E-state index in [2.05, 4.69) is 19.8 Å². The summed E-state index contributed by atoms with van der Waals surface area (Å²) in [6.07, 6.45) is 9.56. The number of anilines is 4. The van der Waals surface area contributed by atoms with Gasteiger partial charge in [0.1, 0.15) is 16.5 Å². The third-order valence-electron chi connectivity index (χ3n) is 15.0. The largest absolute Gasteiger partial charge is 1.00 e. The van der Waals surface area contributed by atoms with Gasteiger partial charge in [0.15, 0.2) is 11.6 Å². The summed E-state index contributed by atoms with van der Waals surface area (Å²) >= 11 is 2.60. The number of thiophene rings is 2. The monoisotopic (exact) mass is 1290 g/mol. The van der Waals surface area contributed by atoms with Gasteiger partial charge in [0, 0.05) is 96.5 Å². The Morgan fingerprint density at radius 2 is 0.952 bits per heavy atom. The van der Waals surface area contributed by atoms with Crippen LogP contribution in [-0.4, -0.2) is 91.2 Å². The second-order valence-electron chi connectivity index (χ2n) is 20.1. The molecule has 428 valence electrons. The zero-order chi connectivity index (χ0) is 55.3. The van der Waals surface area contributed by atoms with E-state index in [-0.39, 0.29) is 114 Å². The number of ether oxygens (including phenoxy) is 1. The van der Waals surface area contributed by atoms with Gasteiger partial charge in [-0.3, -0.25) is 19.2 Å². The van der Waals surface area contributed by atoms with Crippen molar-refractivity contribution in [2.24, 2.45) is 0 Å². The number of carbonyl (C=O) groups excluding carboxylic acids is 6. The molecule has 2 fully saturated rings.